The standard InChI is InChI=1S/C33H45F3O/c1-3-4-5-6-25-9-15-27(16-10-25)28-17-11-26(12-18-28)21-22-37-33(35,36)31-20-19-30(23-32(31)34)29-13-7-24(2)8-14-29/h11-12,17-20,23-25,27,29H,3-10,13-16,21-22H2,1-2H3/t24-,25-,27-,29-. The summed E-state index contributed by atoms with van der Waals surface area (Å²) < 4.78 is 49.1. The smallest absolute Gasteiger partial charge is 0.316 e. The molecule has 0 heterocycles. The second kappa shape index (κ2) is 13.3. The third kappa shape index (κ3) is 7.85. The molecule has 0 aliphatic heterocycles. The van der Waals surface area contributed by atoms with Gasteiger partial charge in [-0.2, -0.15) is 8.78 Å². The van der Waals surface area contributed by atoms with Crippen LogP contribution in [0.2, 0.25) is 0 Å². The van der Waals surface area contributed by atoms with E-state index in [1.54, 1.807) is 6.07 Å². The van der Waals surface area contributed by atoms with E-state index in [-0.39, 0.29) is 12.5 Å². The lowest BCUT2D eigenvalue weighted by atomic mass is 9.77. The number of ether oxygens (including phenoxy) is 1. The molecule has 2 aromatic rings. The minimum atomic E-state index is -3.64. The Morgan fingerprint density at radius 3 is 2.08 bits per heavy atom. The Bertz CT molecular complexity index is 954. The van der Waals surface area contributed by atoms with Crippen LogP contribution >= 0.6 is 0 Å². The van der Waals surface area contributed by atoms with Crippen LogP contribution in [0, 0.1) is 17.7 Å². The number of hydrogen-bond donors (Lipinski definition) is 0. The van der Waals surface area contributed by atoms with E-state index in [2.05, 4.69) is 26.0 Å². The van der Waals surface area contributed by atoms with Crippen molar-refractivity contribution in [1.82, 2.24) is 0 Å². The quantitative estimate of drug-likeness (QED) is 0.271. The SMILES string of the molecule is CCCCC[C@H]1CC[C@H](c2ccc(CCOC(F)(F)c3ccc([C@H]4CC[C@H](C)CC4)cc3F)cc2)CC1. The Kier molecular flexibility index (Phi) is 10.1. The molecular formula is C33H45F3O. The molecule has 0 aromatic heterocycles. The maximum absolute atomic E-state index is 14.7. The normalized spacial score (nSPS) is 24.8. The van der Waals surface area contributed by atoms with E-state index >= 15 is 0 Å². The van der Waals surface area contributed by atoms with Crippen molar-refractivity contribution in [3.63, 3.8) is 0 Å². The largest absolute Gasteiger partial charge is 0.386 e. The number of unbranched alkanes of at least 4 members (excludes halogenated alkanes) is 2. The van der Waals surface area contributed by atoms with Crippen LogP contribution in [0.3, 0.4) is 0 Å². The van der Waals surface area contributed by atoms with E-state index in [0.29, 0.717) is 18.3 Å². The Hall–Kier alpha value is -1.81. The van der Waals surface area contributed by atoms with Gasteiger partial charge < -0.3 is 4.74 Å². The van der Waals surface area contributed by atoms with Gasteiger partial charge in [-0.15, -0.1) is 0 Å². The summed E-state index contributed by atoms with van der Waals surface area (Å²) in [5.41, 5.74) is 2.49. The molecule has 1 nitrogen and oxygen atoms in total. The Labute approximate surface area is 222 Å². The van der Waals surface area contributed by atoms with Gasteiger partial charge in [0.2, 0.25) is 0 Å². The first-order valence-corrected chi connectivity index (χ1v) is 14.8. The summed E-state index contributed by atoms with van der Waals surface area (Å²) in [6.07, 6.45) is 11.4. The van der Waals surface area contributed by atoms with E-state index in [0.717, 1.165) is 42.7 Å². The van der Waals surface area contributed by atoms with Crippen LogP contribution in [-0.4, -0.2) is 6.61 Å². The molecule has 0 bridgehead atoms. The van der Waals surface area contributed by atoms with Crippen molar-refractivity contribution in [3.8, 4) is 0 Å². The molecule has 0 spiro atoms. The molecule has 0 atom stereocenters. The van der Waals surface area contributed by atoms with E-state index in [4.69, 9.17) is 4.74 Å². The van der Waals surface area contributed by atoms with Gasteiger partial charge in [0.15, 0.2) is 0 Å². The maximum Gasteiger partial charge on any atom is 0.386 e. The molecule has 2 fully saturated rings. The summed E-state index contributed by atoms with van der Waals surface area (Å²) in [6.45, 7) is 4.33. The Morgan fingerprint density at radius 2 is 1.43 bits per heavy atom. The summed E-state index contributed by atoms with van der Waals surface area (Å²) >= 11 is 0. The van der Waals surface area contributed by atoms with Crippen LogP contribution in [-0.2, 0) is 17.3 Å². The molecule has 204 valence electrons. The van der Waals surface area contributed by atoms with E-state index < -0.39 is 17.5 Å². The fourth-order valence-electron chi connectivity index (χ4n) is 6.41. The average Bonchev–Trinajstić information content (AvgIpc) is 2.90. The van der Waals surface area contributed by atoms with Crippen molar-refractivity contribution in [2.75, 3.05) is 6.61 Å². The molecule has 2 aliphatic rings. The average molecular weight is 515 g/mol. The van der Waals surface area contributed by atoms with Crippen molar-refractivity contribution in [2.45, 2.75) is 115 Å². The lowest BCUT2D eigenvalue weighted by Gasteiger charge is -2.29. The minimum absolute atomic E-state index is 0.156. The van der Waals surface area contributed by atoms with Crippen LogP contribution in [0.4, 0.5) is 13.2 Å². The van der Waals surface area contributed by atoms with Gasteiger partial charge in [0.25, 0.3) is 0 Å². The van der Waals surface area contributed by atoms with Crippen LogP contribution < -0.4 is 0 Å². The van der Waals surface area contributed by atoms with Gasteiger partial charge in [-0.1, -0.05) is 82.7 Å². The van der Waals surface area contributed by atoms with Crippen molar-refractivity contribution in [3.05, 3.63) is 70.5 Å². The number of rotatable bonds is 11. The zero-order chi connectivity index (χ0) is 26.3. The van der Waals surface area contributed by atoms with Gasteiger partial charge in [0.1, 0.15) is 5.82 Å². The van der Waals surface area contributed by atoms with Crippen molar-refractivity contribution >= 4 is 0 Å². The Morgan fingerprint density at radius 1 is 0.811 bits per heavy atom. The van der Waals surface area contributed by atoms with Gasteiger partial charge in [-0.25, -0.2) is 4.39 Å². The predicted octanol–water partition coefficient (Wildman–Crippen LogP) is 10.3. The molecule has 0 radical (unpaired) electrons. The van der Waals surface area contributed by atoms with Crippen molar-refractivity contribution in [1.29, 1.82) is 0 Å². The van der Waals surface area contributed by atoms with Crippen LogP contribution in [0.15, 0.2) is 42.5 Å². The molecule has 0 saturated heterocycles. The first-order valence-electron chi connectivity index (χ1n) is 14.8. The summed E-state index contributed by atoms with van der Waals surface area (Å²) in [5.74, 6) is 1.58. The van der Waals surface area contributed by atoms with Crippen LogP contribution in [0.25, 0.3) is 0 Å². The highest BCUT2D eigenvalue weighted by molar-refractivity contribution is 5.29. The maximum atomic E-state index is 14.7. The van der Waals surface area contributed by atoms with Crippen molar-refractivity contribution in [2.24, 2.45) is 11.8 Å². The molecule has 0 N–H and O–H groups in total. The molecule has 4 rings (SSSR count). The third-order valence-electron chi connectivity index (χ3n) is 8.98. The zero-order valence-electron chi connectivity index (χ0n) is 22.8. The van der Waals surface area contributed by atoms with E-state index in [1.165, 1.54) is 69.1 Å². The number of benzene rings is 2. The minimum Gasteiger partial charge on any atom is -0.316 e. The highest BCUT2D eigenvalue weighted by Crippen LogP contribution is 2.39. The van der Waals surface area contributed by atoms with Gasteiger partial charge >= 0.3 is 6.11 Å². The lowest BCUT2D eigenvalue weighted by Crippen LogP contribution is -2.22. The monoisotopic (exact) mass is 514 g/mol. The number of halogens is 3. The van der Waals surface area contributed by atoms with Crippen LogP contribution in [0.5, 0.6) is 0 Å². The number of hydrogen-bond acceptors (Lipinski definition) is 1. The predicted molar refractivity (Wildman–Crippen MR) is 146 cm³/mol. The molecule has 0 amide bonds. The molecule has 0 unspecified atom stereocenters. The van der Waals surface area contributed by atoms with Gasteiger partial charge in [-0.05, 0) is 97.4 Å². The molecule has 37 heavy (non-hydrogen) atoms. The summed E-state index contributed by atoms with van der Waals surface area (Å²) in [6, 6.07) is 12.5. The van der Waals surface area contributed by atoms with Crippen LogP contribution in [0.1, 0.15) is 125 Å². The first-order chi connectivity index (χ1) is 17.9. The fraction of sp³-hybridized carbons (Fsp3) is 0.636. The van der Waals surface area contributed by atoms with E-state index in [9.17, 15) is 13.2 Å². The highest BCUT2D eigenvalue weighted by Gasteiger charge is 2.36. The lowest BCUT2D eigenvalue weighted by molar-refractivity contribution is -0.249. The summed E-state index contributed by atoms with van der Waals surface area (Å²) in [5, 5.41) is 0. The van der Waals surface area contributed by atoms with Gasteiger partial charge in [0.05, 0.1) is 12.2 Å². The summed E-state index contributed by atoms with van der Waals surface area (Å²) in [4.78, 5) is 0. The van der Waals surface area contributed by atoms with Gasteiger partial charge in [0, 0.05) is 0 Å². The molecule has 4 heteroatoms. The zero-order valence-corrected chi connectivity index (χ0v) is 22.8. The molecule has 2 aromatic carbocycles. The topological polar surface area (TPSA) is 9.23 Å². The fourth-order valence-corrected chi connectivity index (χ4v) is 6.41. The molecular weight excluding hydrogens is 469 g/mol. The first kappa shape index (κ1) is 28.2. The van der Waals surface area contributed by atoms with Crippen molar-refractivity contribution < 1.29 is 17.9 Å². The number of alkyl halides is 2. The second-order valence-corrected chi connectivity index (χ2v) is 11.8. The summed E-state index contributed by atoms with van der Waals surface area (Å²) in [7, 11) is 0. The second-order valence-electron chi connectivity index (χ2n) is 11.8. The molecule has 2 saturated carbocycles. The Balaban J connectivity index is 1.24. The highest BCUT2D eigenvalue weighted by atomic mass is 19.3. The van der Waals surface area contributed by atoms with Gasteiger partial charge in [-0.3, -0.25) is 0 Å². The molecule has 2 aliphatic carbocycles. The third-order valence-corrected chi connectivity index (χ3v) is 8.98. The van der Waals surface area contributed by atoms with E-state index in [1.807, 2.05) is 12.1 Å².